The third-order valence-corrected chi connectivity index (χ3v) is 5.65. The molecule has 1 aliphatic heterocycles. The summed E-state index contributed by atoms with van der Waals surface area (Å²) in [6, 6.07) is 1.15. The number of likely N-dealkylation sites (N-methyl/N-ethyl adjacent to an activating group) is 1. The van der Waals surface area contributed by atoms with Crippen LogP contribution in [0.3, 0.4) is 0 Å². The van der Waals surface area contributed by atoms with Crippen molar-refractivity contribution in [1.29, 1.82) is 0 Å². The number of nitrogens with two attached hydrogens (primary N) is 1. The lowest BCUT2D eigenvalue weighted by Gasteiger charge is -2.48. The number of amides is 1. The lowest BCUT2D eigenvalue weighted by molar-refractivity contribution is -0.124. The van der Waals surface area contributed by atoms with Gasteiger partial charge >= 0.3 is 0 Å². The molecule has 2 fully saturated rings. The van der Waals surface area contributed by atoms with Crippen LogP contribution < -0.4 is 11.1 Å². The number of nitrogens with zero attached hydrogens (tertiary/aromatic N) is 1. The number of piperidine rings is 1. The van der Waals surface area contributed by atoms with Gasteiger partial charge in [-0.05, 0) is 65.5 Å². The van der Waals surface area contributed by atoms with Crippen molar-refractivity contribution in [2.75, 3.05) is 13.6 Å². The number of nitrogens with one attached hydrogen (secondary N) is 1. The summed E-state index contributed by atoms with van der Waals surface area (Å²) in [5.74, 6) is 0.637. The lowest BCUT2D eigenvalue weighted by Crippen LogP contribution is -2.58. The fraction of sp³-hybridized carbons (Fsp3) is 0.938. The molecule has 4 nitrogen and oxygen atoms in total. The number of likely N-dealkylation sites (tertiary alicyclic amines) is 1. The van der Waals surface area contributed by atoms with Gasteiger partial charge in [-0.2, -0.15) is 0 Å². The molecule has 0 aromatic heterocycles. The maximum absolute atomic E-state index is 11.7. The van der Waals surface area contributed by atoms with Crippen molar-refractivity contribution >= 4 is 5.91 Å². The SMILES string of the molecule is CNC(C)(CC(C)N1CCCC2CCCCC21)C(N)=O. The zero-order chi connectivity index (χ0) is 14.8. The maximum Gasteiger partial charge on any atom is 0.237 e. The van der Waals surface area contributed by atoms with E-state index in [0.717, 1.165) is 18.4 Å². The summed E-state index contributed by atoms with van der Waals surface area (Å²) in [6.07, 6.45) is 8.99. The first kappa shape index (κ1) is 15.8. The van der Waals surface area contributed by atoms with E-state index < -0.39 is 5.54 Å². The molecule has 4 atom stereocenters. The van der Waals surface area contributed by atoms with E-state index in [1.54, 1.807) is 0 Å². The minimum atomic E-state index is -0.596. The van der Waals surface area contributed by atoms with Gasteiger partial charge in [0.15, 0.2) is 0 Å². The molecule has 2 rings (SSSR count). The first-order valence-electron chi connectivity index (χ1n) is 8.22. The smallest absolute Gasteiger partial charge is 0.237 e. The molecule has 0 aromatic carbocycles. The highest BCUT2D eigenvalue weighted by Crippen LogP contribution is 2.37. The number of hydrogen-bond acceptors (Lipinski definition) is 3. The van der Waals surface area contributed by atoms with Crippen molar-refractivity contribution in [3.63, 3.8) is 0 Å². The average molecular weight is 281 g/mol. The van der Waals surface area contributed by atoms with Gasteiger partial charge in [0.2, 0.25) is 5.91 Å². The minimum Gasteiger partial charge on any atom is -0.368 e. The number of fused-ring (bicyclic) bond motifs is 1. The van der Waals surface area contributed by atoms with Crippen molar-refractivity contribution in [2.24, 2.45) is 11.7 Å². The molecule has 4 unspecified atom stereocenters. The molecular formula is C16H31N3O. The van der Waals surface area contributed by atoms with E-state index in [0.29, 0.717) is 6.04 Å². The van der Waals surface area contributed by atoms with E-state index in [1.165, 1.54) is 45.1 Å². The molecule has 3 N–H and O–H groups in total. The highest BCUT2D eigenvalue weighted by atomic mass is 16.1. The Morgan fingerprint density at radius 1 is 1.35 bits per heavy atom. The zero-order valence-electron chi connectivity index (χ0n) is 13.3. The molecule has 2 aliphatic rings. The molecule has 0 spiro atoms. The monoisotopic (exact) mass is 281 g/mol. The summed E-state index contributed by atoms with van der Waals surface area (Å²) in [4.78, 5) is 14.4. The Bertz CT molecular complexity index is 345. The van der Waals surface area contributed by atoms with Crippen LogP contribution in [0.1, 0.15) is 58.8 Å². The molecule has 20 heavy (non-hydrogen) atoms. The topological polar surface area (TPSA) is 58.4 Å². The molecule has 0 bridgehead atoms. The summed E-state index contributed by atoms with van der Waals surface area (Å²) in [5.41, 5.74) is 4.97. The zero-order valence-corrected chi connectivity index (χ0v) is 13.3. The Balaban J connectivity index is 2.03. The van der Waals surface area contributed by atoms with Crippen LogP contribution in [0, 0.1) is 5.92 Å². The summed E-state index contributed by atoms with van der Waals surface area (Å²) in [6.45, 7) is 5.37. The summed E-state index contributed by atoms with van der Waals surface area (Å²) in [5, 5.41) is 3.12. The molecular weight excluding hydrogens is 250 g/mol. The predicted molar refractivity (Wildman–Crippen MR) is 82.4 cm³/mol. The van der Waals surface area contributed by atoms with Crippen LogP contribution >= 0.6 is 0 Å². The average Bonchev–Trinajstić information content (AvgIpc) is 2.46. The molecule has 0 radical (unpaired) electrons. The second-order valence-electron chi connectivity index (χ2n) is 6.99. The first-order valence-corrected chi connectivity index (χ1v) is 8.22. The van der Waals surface area contributed by atoms with Crippen molar-refractivity contribution < 1.29 is 4.79 Å². The Morgan fingerprint density at radius 2 is 2.00 bits per heavy atom. The van der Waals surface area contributed by atoms with Gasteiger partial charge in [0.05, 0.1) is 5.54 Å². The largest absolute Gasteiger partial charge is 0.368 e. The molecule has 1 saturated heterocycles. The number of rotatable bonds is 5. The van der Waals surface area contributed by atoms with E-state index in [4.69, 9.17) is 5.73 Å². The van der Waals surface area contributed by atoms with E-state index in [9.17, 15) is 4.79 Å². The molecule has 116 valence electrons. The number of carbonyl (C=O) groups is 1. The third-order valence-electron chi connectivity index (χ3n) is 5.65. The van der Waals surface area contributed by atoms with Crippen molar-refractivity contribution in [3.05, 3.63) is 0 Å². The summed E-state index contributed by atoms with van der Waals surface area (Å²) >= 11 is 0. The van der Waals surface area contributed by atoms with Crippen LogP contribution in [-0.2, 0) is 4.79 Å². The van der Waals surface area contributed by atoms with Gasteiger partial charge in [-0.25, -0.2) is 0 Å². The Labute approximate surface area is 123 Å². The quantitative estimate of drug-likeness (QED) is 0.809. The van der Waals surface area contributed by atoms with E-state index in [2.05, 4.69) is 17.1 Å². The number of primary amides is 1. The maximum atomic E-state index is 11.7. The Hall–Kier alpha value is -0.610. The Kier molecular flexibility index (Phi) is 5.08. The highest BCUT2D eigenvalue weighted by Gasteiger charge is 2.39. The standard InChI is InChI=1S/C16H31N3O/c1-12(11-16(2,18-3)15(17)20)19-10-6-8-13-7-4-5-9-14(13)19/h12-14,18H,4-11H2,1-3H3,(H2,17,20). The van der Waals surface area contributed by atoms with Crippen LogP contribution in [0.25, 0.3) is 0 Å². The molecule has 1 amide bonds. The van der Waals surface area contributed by atoms with Gasteiger partial charge in [0, 0.05) is 12.1 Å². The van der Waals surface area contributed by atoms with Crippen LogP contribution in [0.2, 0.25) is 0 Å². The van der Waals surface area contributed by atoms with Gasteiger partial charge in [-0.1, -0.05) is 12.8 Å². The Morgan fingerprint density at radius 3 is 2.65 bits per heavy atom. The highest BCUT2D eigenvalue weighted by molar-refractivity contribution is 5.84. The molecule has 1 heterocycles. The number of hydrogen-bond donors (Lipinski definition) is 2. The van der Waals surface area contributed by atoms with Gasteiger partial charge in [-0.3, -0.25) is 9.69 Å². The van der Waals surface area contributed by atoms with Gasteiger partial charge in [-0.15, -0.1) is 0 Å². The van der Waals surface area contributed by atoms with Crippen LogP contribution in [0.4, 0.5) is 0 Å². The van der Waals surface area contributed by atoms with Crippen LogP contribution in [0.15, 0.2) is 0 Å². The van der Waals surface area contributed by atoms with E-state index in [-0.39, 0.29) is 5.91 Å². The summed E-state index contributed by atoms with van der Waals surface area (Å²) < 4.78 is 0. The van der Waals surface area contributed by atoms with Crippen LogP contribution in [0.5, 0.6) is 0 Å². The fourth-order valence-electron chi connectivity index (χ4n) is 4.24. The lowest BCUT2D eigenvalue weighted by atomic mass is 9.77. The van der Waals surface area contributed by atoms with Gasteiger partial charge in [0.25, 0.3) is 0 Å². The molecule has 4 heteroatoms. The van der Waals surface area contributed by atoms with Crippen molar-refractivity contribution in [1.82, 2.24) is 10.2 Å². The van der Waals surface area contributed by atoms with E-state index >= 15 is 0 Å². The minimum absolute atomic E-state index is 0.246. The molecule has 1 saturated carbocycles. The van der Waals surface area contributed by atoms with Crippen molar-refractivity contribution in [2.45, 2.75) is 76.4 Å². The molecule has 0 aromatic rings. The predicted octanol–water partition coefficient (Wildman–Crippen LogP) is 1.88. The molecule has 1 aliphatic carbocycles. The normalized spacial score (nSPS) is 32.1. The fourth-order valence-corrected chi connectivity index (χ4v) is 4.24. The van der Waals surface area contributed by atoms with Crippen molar-refractivity contribution in [3.8, 4) is 0 Å². The van der Waals surface area contributed by atoms with Gasteiger partial charge < -0.3 is 11.1 Å². The second-order valence-corrected chi connectivity index (χ2v) is 6.99. The van der Waals surface area contributed by atoms with Gasteiger partial charge in [0.1, 0.15) is 0 Å². The first-order chi connectivity index (χ1) is 9.48. The summed E-state index contributed by atoms with van der Waals surface area (Å²) in [7, 11) is 1.83. The second kappa shape index (κ2) is 6.44. The number of carbonyl (C=O) groups excluding carboxylic acids is 1. The van der Waals surface area contributed by atoms with E-state index in [1.807, 2.05) is 14.0 Å². The van der Waals surface area contributed by atoms with Crippen LogP contribution in [-0.4, -0.2) is 42.0 Å². The third kappa shape index (κ3) is 3.17.